The molecule has 1 aliphatic heterocycles. The molecule has 7 heteroatoms. The summed E-state index contributed by atoms with van der Waals surface area (Å²) < 4.78 is 23.9. The number of benzene rings is 1. The predicted octanol–water partition coefficient (Wildman–Crippen LogP) is 1.74. The van der Waals surface area contributed by atoms with Crippen LogP contribution in [0.5, 0.6) is 0 Å². The summed E-state index contributed by atoms with van der Waals surface area (Å²) in [4.78, 5) is 25.6. The Morgan fingerprint density at radius 3 is 2.52 bits per heavy atom. The molecule has 1 unspecified atom stereocenters. The third kappa shape index (κ3) is 3.56. The van der Waals surface area contributed by atoms with Crippen molar-refractivity contribution in [3.63, 3.8) is 0 Å². The summed E-state index contributed by atoms with van der Waals surface area (Å²) in [6.45, 7) is 2.75. The molecule has 0 bridgehead atoms. The Labute approximate surface area is 147 Å². The van der Waals surface area contributed by atoms with Gasteiger partial charge in [-0.05, 0) is 42.4 Å². The number of amides is 1. The van der Waals surface area contributed by atoms with Crippen molar-refractivity contribution in [2.45, 2.75) is 37.5 Å². The zero-order valence-electron chi connectivity index (χ0n) is 14.3. The highest BCUT2D eigenvalue weighted by molar-refractivity contribution is 7.91. The molecule has 1 saturated heterocycles. The van der Waals surface area contributed by atoms with Gasteiger partial charge in [0.25, 0.3) is 0 Å². The summed E-state index contributed by atoms with van der Waals surface area (Å²) in [6, 6.07) is 6.55. The first-order valence-electron chi connectivity index (χ1n) is 8.60. The smallest absolute Gasteiger partial charge is 0.307 e. The number of aliphatic carboxylic acids is 1. The lowest BCUT2D eigenvalue weighted by Gasteiger charge is -2.32. The highest BCUT2D eigenvalue weighted by Gasteiger charge is 2.59. The quantitative estimate of drug-likeness (QED) is 0.858. The molecule has 6 nitrogen and oxygen atoms in total. The van der Waals surface area contributed by atoms with Crippen molar-refractivity contribution < 1.29 is 23.1 Å². The maximum Gasteiger partial charge on any atom is 0.307 e. The van der Waals surface area contributed by atoms with E-state index in [1.165, 1.54) is 0 Å². The van der Waals surface area contributed by atoms with Crippen LogP contribution in [0.4, 0.5) is 0 Å². The first kappa shape index (κ1) is 17.9. The second-order valence-corrected chi connectivity index (χ2v) is 9.34. The molecule has 1 spiro atoms. The van der Waals surface area contributed by atoms with E-state index in [-0.39, 0.29) is 34.3 Å². The maximum absolute atomic E-state index is 12.5. The Morgan fingerprint density at radius 2 is 1.96 bits per heavy atom. The zero-order chi connectivity index (χ0) is 18.2. The molecule has 2 aliphatic rings. The average Bonchev–Trinajstić information content (AvgIpc) is 3.29. The van der Waals surface area contributed by atoms with Gasteiger partial charge in [-0.2, -0.15) is 0 Å². The number of hydrogen-bond acceptors (Lipinski definition) is 4. The van der Waals surface area contributed by atoms with Crippen LogP contribution in [0, 0.1) is 11.3 Å². The minimum Gasteiger partial charge on any atom is -0.481 e. The van der Waals surface area contributed by atoms with Crippen molar-refractivity contribution in [1.82, 2.24) is 4.90 Å². The first-order chi connectivity index (χ1) is 11.8. The van der Waals surface area contributed by atoms with Crippen molar-refractivity contribution in [2.75, 3.05) is 18.8 Å². The van der Waals surface area contributed by atoms with E-state index in [4.69, 9.17) is 5.11 Å². The van der Waals surface area contributed by atoms with Gasteiger partial charge in [-0.15, -0.1) is 0 Å². The van der Waals surface area contributed by atoms with Gasteiger partial charge in [0.1, 0.15) is 0 Å². The number of carbonyl (C=O) groups excluding carboxylic acids is 1. The van der Waals surface area contributed by atoms with E-state index in [2.05, 4.69) is 0 Å². The van der Waals surface area contributed by atoms with Crippen LogP contribution in [0.2, 0.25) is 0 Å². The van der Waals surface area contributed by atoms with E-state index in [0.29, 0.717) is 18.7 Å². The number of piperidine rings is 1. The fourth-order valence-electron chi connectivity index (χ4n) is 3.75. The monoisotopic (exact) mass is 365 g/mol. The molecule has 1 aromatic rings. The van der Waals surface area contributed by atoms with Crippen molar-refractivity contribution in [1.29, 1.82) is 0 Å². The first-order valence-corrected chi connectivity index (χ1v) is 10.2. The van der Waals surface area contributed by atoms with Crippen LogP contribution < -0.4 is 0 Å². The molecular formula is C18H23NO5S. The Hall–Kier alpha value is -1.89. The maximum atomic E-state index is 12.5. The van der Waals surface area contributed by atoms with Crippen LogP contribution in [-0.2, 0) is 25.8 Å². The molecule has 3 rings (SSSR count). The second-order valence-electron chi connectivity index (χ2n) is 7.07. The molecule has 0 radical (unpaired) electrons. The van der Waals surface area contributed by atoms with Gasteiger partial charge < -0.3 is 10.0 Å². The van der Waals surface area contributed by atoms with Crippen molar-refractivity contribution in [2.24, 2.45) is 11.3 Å². The SMILES string of the molecule is CCS(=O)(=O)c1cccc(CC(=O)N2CCC3(CC2)CC3C(=O)O)c1. The van der Waals surface area contributed by atoms with Gasteiger partial charge >= 0.3 is 5.97 Å². The minimum atomic E-state index is -3.28. The predicted molar refractivity (Wildman–Crippen MR) is 91.9 cm³/mol. The highest BCUT2D eigenvalue weighted by Crippen LogP contribution is 2.59. The summed E-state index contributed by atoms with van der Waals surface area (Å²) >= 11 is 0. The number of carbonyl (C=O) groups is 2. The molecular weight excluding hydrogens is 342 g/mol. The molecule has 1 atom stereocenters. The third-order valence-corrected chi connectivity index (χ3v) is 7.32. The van der Waals surface area contributed by atoms with Gasteiger partial charge in [0.05, 0.1) is 23.0 Å². The largest absolute Gasteiger partial charge is 0.481 e. The Kier molecular flexibility index (Phi) is 4.62. The van der Waals surface area contributed by atoms with Crippen LogP contribution in [-0.4, -0.2) is 49.1 Å². The van der Waals surface area contributed by atoms with E-state index in [1.807, 2.05) is 0 Å². The molecule has 1 saturated carbocycles. The van der Waals surface area contributed by atoms with Gasteiger partial charge in [-0.25, -0.2) is 8.42 Å². The number of likely N-dealkylation sites (tertiary alicyclic amines) is 1. The van der Waals surface area contributed by atoms with E-state index in [1.54, 1.807) is 36.1 Å². The molecule has 25 heavy (non-hydrogen) atoms. The van der Waals surface area contributed by atoms with E-state index in [9.17, 15) is 18.0 Å². The molecule has 1 aliphatic carbocycles. The van der Waals surface area contributed by atoms with Crippen LogP contribution in [0.15, 0.2) is 29.2 Å². The molecule has 136 valence electrons. The molecule has 1 heterocycles. The third-order valence-electron chi connectivity index (χ3n) is 5.59. The minimum absolute atomic E-state index is 0.0311. The number of sulfone groups is 1. The molecule has 1 N–H and O–H groups in total. The number of carboxylic acids is 1. The molecule has 1 amide bonds. The fourth-order valence-corrected chi connectivity index (χ4v) is 4.70. The van der Waals surface area contributed by atoms with Gasteiger partial charge in [0, 0.05) is 13.1 Å². The average molecular weight is 365 g/mol. The lowest BCUT2D eigenvalue weighted by molar-refractivity contribution is -0.139. The Balaban J connectivity index is 1.61. The lowest BCUT2D eigenvalue weighted by Crippen LogP contribution is -2.40. The Bertz CT molecular complexity index is 793. The number of rotatable bonds is 5. The fraction of sp³-hybridized carbons (Fsp3) is 0.556. The number of nitrogens with zero attached hydrogens (tertiary/aromatic N) is 1. The molecule has 0 aromatic heterocycles. The van der Waals surface area contributed by atoms with E-state index in [0.717, 1.165) is 19.3 Å². The summed E-state index contributed by atoms with van der Waals surface area (Å²) in [5.74, 6) is -0.980. The lowest BCUT2D eigenvalue weighted by atomic mass is 9.90. The molecule has 2 fully saturated rings. The van der Waals surface area contributed by atoms with Crippen LogP contribution >= 0.6 is 0 Å². The standard InChI is InChI=1S/C18H23NO5S/c1-2-25(23,24)14-5-3-4-13(10-14)11-16(20)19-8-6-18(7-9-19)12-15(18)17(21)22/h3-5,10,15H,2,6-9,11-12H2,1H3,(H,21,22). The van der Waals surface area contributed by atoms with Crippen molar-refractivity contribution in [3.05, 3.63) is 29.8 Å². The normalized spacial score (nSPS) is 22.0. The highest BCUT2D eigenvalue weighted by atomic mass is 32.2. The topological polar surface area (TPSA) is 91.8 Å². The summed E-state index contributed by atoms with van der Waals surface area (Å²) in [7, 11) is -3.28. The number of carboxylic acid groups (broad SMARTS) is 1. The summed E-state index contributed by atoms with van der Waals surface area (Å²) in [5, 5.41) is 9.12. The zero-order valence-corrected chi connectivity index (χ0v) is 15.1. The van der Waals surface area contributed by atoms with Gasteiger partial charge in [-0.1, -0.05) is 19.1 Å². The summed E-state index contributed by atoms with van der Waals surface area (Å²) in [6.07, 6.45) is 2.36. The van der Waals surface area contributed by atoms with Crippen LogP contribution in [0.1, 0.15) is 31.7 Å². The van der Waals surface area contributed by atoms with Crippen molar-refractivity contribution >= 4 is 21.7 Å². The van der Waals surface area contributed by atoms with Crippen molar-refractivity contribution in [3.8, 4) is 0 Å². The number of hydrogen-bond donors (Lipinski definition) is 1. The van der Waals surface area contributed by atoms with Gasteiger partial charge in [0.2, 0.25) is 5.91 Å². The molecule has 1 aromatic carbocycles. The van der Waals surface area contributed by atoms with Gasteiger partial charge in [0.15, 0.2) is 9.84 Å². The van der Waals surface area contributed by atoms with Gasteiger partial charge in [-0.3, -0.25) is 9.59 Å². The summed E-state index contributed by atoms with van der Waals surface area (Å²) in [5.41, 5.74) is 0.590. The van der Waals surface area contributed by atoms with Crippen LogP contribution in [0.3, 0.4) is 0 Å². The van der Waals surface area contributed by atoms with E-state index < -0.39 is 15.8 Å². The van der Waals surface area contributed by atoms with Crippen LogP contribution in [0.25, 0.3) is 0 Å². The second kappa shape index (κ2) is 6.44. The Morgan fingerprint density at radius 1 is 1.28 bits per heavy atom. The van der Waals surface area contributed by atoms with E-state index >= 15 is 0 Å².